The van der Waals surface area contributed by atoms with Gasteiger partial charge in [-0.3, -0.25) is 4.79 Å². The molecule has 0 radical (unpaired) electrons. The zero-order valence-corrected chi connectivity index (χ0v) is 15.5. The minimum atomic E-state index is -0.163. The van der Waals surface area contributed by atoms with E-state index in [1.54, 1.807) is 7.11 Å². The summed E-state index contributed by atoms with van der Waals surface area (Å²) in [7, 11) is 1.63. The van der Waals surface area contributed by atoms with E-state index in [1.165, 1.54) is 0 Å². The number of hydrogen-bond donors (Lipinski definition) is 0. The molecule has 26 heavy (non-hydrogen) atoms. The molecule has 1 atom stereocenters. The second kappa shape index (κ2) is 8.23. The molecule has 3 rings (SSSR count). The van der Waals surface area contributed by atoms with Crippen molar-refractivity contribution >= 4 is 5.91 Å². The van der Waals surface area contributed by atoms with E-state index in [0.717, 1.165) is 11.1 Å². The highest BCUT2D eigenvalue weighted by Crippen LogP contribution is 2.28. The molecule has 138 valence electrons. The Kier molecular flexibility index (Phi) is 5.78. The van der Waals surface area contributed by atoms with Gasteiger partial charge in [0.25, 0.3) is 5.91 Å². The van der Waals surface area contributed by atoms with Crippen LogP contribution in [-0.2, 0) is 4.74 Å². The molecule has 0 N–H and O–H groups in total. The summed E-state index contributed by atoms with van der Waals surface area (Å²) in [6.45, 7) is 6.01. The van der Waals surface area contributed by atoms with Crippen LogP contribution < -0.4 is 9.47 Å². The van der Waals surface area contributed by atoms with Gasteiger partial charge in [-0.2, -0.15) is 0 Å². The van der Waals surface area contributed by atoms with Crippen molar-refractivity contribution in [1.29, 1.82) is 0 Å². The molecule has 5 nitrogen and oxygen atoms in total. The molecular weight excluding hydrogens is 330 g/mol. The molecule has 1 aliphatic rings. The van der Waals surface area contributed by atoms with Gasteiger partial charge in [0.05, 0.1) is 20.3 Å². The van der Waals surface area contributed by atoms with Crippen molar-refractivity contribution in [2.24, 2.45) is 0 Å². The lowest BCUT2D eigenvalue weighted by Crippen LogP contribution is -2.47. The third kappa shape index (κ3) is 4.35. The summed E-state index contributed by atoms with van der Waals surface area (Å²) in [5.41, 5.74) is 2.96. The molecule has 2 aromatic carbocycles. The van der Waals surface area contributed by atoms with Crippen molar-refractivity contribution < 1.29 is 19.0 Å². The van der Waals surface area contributed by atoms with E-state index in [-0.39, 0.29) is 12.0 Å². The summed E-state index contributed by atoms with van der Waals surface area (Å²) in [5, 5.41) is 0. The van der Waals surface area contributed by atoms with Gasteiger partial charge in [-0.1, -0.05) is 23.8 Å². The van der Waals surface area contributed by atoms with E-state index in [4.69, 9.17) is 14.2 Å². The van der Waals surface area contributed by atoms with Crippen LogP contribution in [-0.4, -0.2) is 50.3 Å². The summed E-state index contributed by atoms with van der Waals surface area (Å²) < 4.78 is 17.0. The van der Waals surface area contributed by atoms with Gasteiger partial charge in [0, 0.05) is 12.1 Å². The van der Waals surface area contributed by atoms with E-state index in [0.29, 0.717) is 43.4 Å². The first-order chi connectivity index (χ1) is 12.6. The highest BCUT2D eigenvalue weighted by atomic mass is 16.5. The maximum atomic E-state index is 12.7. The van der Waals surface area contributed by atoms with E-state index >= 15 is 0 Å². The Bertz CT molecular complexity index is 757. The average Bonchev–Trinajstić information content (AvgIpc) is 2.67. The Labute approximate surface area is 154 Å². The topological polar surface area (TPSA) is 48.0 Å². The van der Waals surface area contributed by atoms with E-state index < -0.39 is 0 Å². The maximum Gasteiger partial charge on any atom is 0.254 e. The van der Waals surface area contributed by atoms with Crippen LogP contribution in [0.3, 0.4) is 0 Å². The van der Waals surface area contributed by atoms with Crippen LogP contribution in [0.2, 0.25) is 0 Å². The minimum Gasteiger partial charge on any atom is -0.493 e. The fourth-order valence-electron chi connectivity index (χ4n) is 2.96. The number of aryl methyl sites for hydroxylation is 2. The number of rotatable bonds is 5. The molecule has 0 aliphatic carbocycles. The molecule has 0 spiro atoms. The molecule has 1 saturated heterocycles. The lowest BCUT2D eigenvalue weighted by molar-refractivity contribution is -0.0403. The largest absolute Gasteiger partial charge is 0.493 e. The van der Waals surface area contributed by atoms with E-state index in [2.05, 4.69) is 0 Å². The third-order valence-corrected chi connectivity index (χ3v) is 4.47. The Morgan fingerprint density at radius 2 is 1.85 bits per heavy atom. The van der Waals surface area contributed by atoms with Gasteiger partial charge in [-0.05, 0) is 43.7 Å². The molecule has 1 fully saturated rings. The summed E-state index contributed by atoms with van der Waals surface area (Å²) in [6, 6.07) is 13.5. The van der Waals surface area contributed by atoms with Gasteiger partial charge >= 0.3 is 0 Å². The zero-order chi connectivity index (χ0) is 18.5. The van der Waals surface area contributed by atoms with Crippen LogP contribution in [0.5, 0.6) is 11.5 Å². The molecule has 0 aromatic heterocycles. The third-order valence-electron chi connectivity index (χ3n) is 4.47. The smallest absolute Gasteiger partial charge is 0.254 e. The molecule has 0 bridgehead atoms. The van der Waals surface area contributed by atoms with Crippen LogP contribution in [0, 0.1) is 13.8 Å². The molecule has 1 heterocycles. The Morgan fingerprint density at radius 3 is 2.58 bits per heavy atom. The SMILES string of the molecule is COc1cc(C)ccc1OC[C@@H]1CN(C(=O)c2ccc(C)cc2)CCO1. The van der Waals surface area contributed by atoms with Gasteiger partial charge in [0.15, 0.2) is 11.5 Å². The minimum absolute atomic E-state index is 0.0335. The molecule has 0 saturated carbocycles. The van der Waals surface area contributed by atoms with Crippen molar-refractivity contribution in [2.75, 3.05) is 33.4 Å². The Hall–Kier alpha value is -2.53. The normalized spacial score (nSPS) is 17.0. The summed E-state index contributed by atoms with van der Waals surface area (Å²) >= 11 is 0. The highest BCUT2D eigenvalue weighted by Gasteiger charge is 2.25. The Morgan fingerprint density at radius 1 is 1.12 bits per heavy atom. The first-order valence-corrected chi connectivity index (χ1v) is 8.82. The monoisotopic (exact) mass is 355 g/mol. The number of methoxy groups -OCH3 is 1. The number of carbonyl (C=O) groups is 1. The van der Waals surface area contributed by atoms with Gasteiger partial charge < -0.3 is 19.1 Å². The second-order valence-corrected chi connectivity index (χ2v) is 6.58. The lowest BCUT2D eigenvalue weighted by Gasteiger charge is -2.33. The number of amides is 1. The zero-order valence-electron chi connectivity index (χ0n) is 15.5. The van der Waals surface area contributed by atoms with Crippen molar-refractivity contribution in [3.05, 3.63) is 59.2 Å². The van der Waals surface area contributed by atoms with Crippen molar-refractivity contribution in [2.45, 2.75) is 20.0 Å². The maximum absolute atomic E-state index is 12.7. The van der Waals surface area contributed by atoms with Gasteiger partial charge in [-0.15, -0.1) is 0 Å². The Balaban J connectivity index is 1.60. The second-order valence-electron chi connectivity index (χ2n) is 6.58. The molecule has 0 unspecified atom stereocenters. The average molecular weight is 355 g/mol. The lowest BCUT2D eigenvalue weighted by atomic mass is 10.1. The first kappa shape index (κ1) is 18.3. The standard InChI is InChI=1S/C21H25NO4/c1-15-4-7-17(8-5-15)21(23)22-10-11-25-18(13-22)14-26-19-9-6-16(2)12-20(19)24-3/h4-9,12,18H,10-11,13-14H2,1-3H3/t18-/m0/s1. The number of benzene rings is 2. The van der Waals surface area contributed by atoms with Crippen LogP contribution in [0.4, 0.5) is 0 Å². The number of carbonyl (C=O) groups excluding carboxylic acids is 1. The summed E-state index contributed by atoms with van der Waals surface area (Å²) in [6.07, 6.45) is -0.163. The summed E-state index contributed by atoms with van der Waals surface area (Å²) in [4.78, 5) is 14.5. The predicted octanol–water partition coefficient (Wildman–Crippen LogP) is 3.23. The van der Waals surface area contributed by atoms with Crippen LogP contribution in [0.25, 0.3) is 0 Å². The highest BCUT2D eigenvalue weighted by molar-refractivity contribution is 5.94. The summed E-state index contributed by atoms with van der Waals surface area (Å²) in [5.74, 6) is 1.42. The molecular formula is C21H25NO4. The fourth-order valence-corrected chi connectivity index (χ4v) is 2.96. The molecule has 1 aliphatic heterocycles. The van der Waals surface area contributed by atoms with Crippen LogP contribution in [0.15, 0.2) is 42.5 Å². The van der Waals surface area contributed by atoms with E-state index in [9.17, 15) is 4.79 Å². The van der Waals surface area contributed by atoms with E-state index in [1.807, 2.05) is 61.2 Å². The fraction of sp³-hybridized carbons (Fsp3) is 0.381. The number of nitrogens with zero attached hydrogens (tertiary/aromatic N) is 1. The van der Waals surface area contributed by atoms with Gasteiger partial charge in [0.2, 0.25) is 0 Å². The van der Waals surface area contributed by atoms with Crippen molar-refractivity contribution in [3.8, 4) is 11.5 Å². The van der Waals surface area contributed by atoms with Gasteiger partial charge in [0.1, 0.15) is 12.7 Å². The number of morpholine rings is 1. The molecule has 5 heteroatoms. The quantitative estimate of drug-likeness (QED) is 0.826. The predicted molar refractivity (Wildman–Crippen MR) is 100 cm³/mol. The molecule has 1 amide bonds. The number of hydrogen-bond acceptors (Lipinski definition) is 4. The van der Waals surface area contributed by atoms with Gasteiger partial charge in [-0.25, -0.2) is 0 Å². The van der Waals surface area contributed by atoms with Crippen LogP contribution >= 0.6 is 0 Å². The van der Waals surface area contributed by atoms with Crippen LogP contribution in [0.1, 0.15) is 21.5 Å². The molecule has 2 aromatic rings. The van der Waals surface area contributed by atoms with Crippen molar-refractivity contribution in [3.63, 3.8) is 0 Å². The first-order valence-electron chi connectivity index (χ1n) is 8.82. The van der Waals surface area contributed by atoms with Crippen molar-refractivity contribution in [1.82, 2.24) is 4.90 Å². The number of ether oxygens (including phenoxy) is 3.